The van der Waals surface area contributed by atoms with E-state index in [2.05, 4.69) is 9.88 Å². The number of hydrogen-bond donors (Lipinski definition) is 1. The second-order valence-corrected chi connectivity index (χ2v) is 5.44. The van der Waals surface area contributed by atoms with E-state index in [1.807, 2.05) is 5.38 Å². The molecule has 6 nitrogen and oxygen atoms in total. The monoisotopic (exact) mass is 285 g/mol. The Morgan fingerprint density at radius 3 is 2.72 bits per heavy atom. The summed E-state index contributed by atoms with van der Waals surface area (Å²) in [6.07, 6.45) is 0. The maximum absolute atomic E-state index is 11.6. The van der Waals surface area contributed by atoms with Crippen molar-refractivity contribution in [3.63, 3.8) is 0 Å². The molecule has 1 aliphatic heterocycles. The summed E-state index contributed by atoms with van der Waals surface area (Å²) in [5, 5.41) is 13.4. The van der Waals surface area contributed by atoms with Crippen LogP contribution in [0.3, 0.4) is 0 Å². The third kappa shape index (κ3) is 2.02. The molecule has 8 heteroatoms. The van der Waals surface area contributed by atoms with Crippen LogP contribution in [0.4, 0.5) is 5.82 Å². The molecule has 0 saturated carbocycles. The molecule has 1 saturated heterocycles. The standard InChI is InChI=1S/C10H11N3O3S2/c14-8-6-18-10(15)13(8)9-11-7(5-17-9)12-1-3-16-4-2-12/h5-6,14H,1-4H2. The van der Waals surface area contributed by atoms with Gasteiger partial charge in [0, 0.05) is 18.5 Å². The zero-order valence-corrected chi connectivity index (χ0v) is 11.0. The van der Waals surface area contributed by atoms with Gasteiger partial charge in [-0.05, 0) is 0 Å². The summed E-state index contributed by atoms with van der Waals surface area (Å²) >= 11 is 2.31. The molecule has 3 heterocycles. The number of nitrogens with zero attached hydrogens (tertiary/aromatic N) is 3. The highest BCUT2D eigenvalue weighted by molar-refractivity contribution is 7.12. The van der Waals surface area contributed by atoms with Crippen LogP contribution in [-0.4, -0.2) is 41.0 Å². The molecule has 0 atom stereocenters. The Morgan fingerprint density at radius 2 is 2.06 bits per heavy atom. The average Bonchev–Trinajstić information content (AvgIpc) is 2.98. The van der Waals surface area contributed by atoms with Gasteiger partial charge in [0.25, 0.3) is 0 Å². The van der Waals surface area contributed by atoms with Gasteiger partial charge in [0.1, 0.15) is 5.82 Å². The first-order valence-electron chi connectivity index (χ1n) is 5.44. The van der Waals surface area contributed by atoms with E-state index >= 15 is 0 Å². The minimum atomic E-state index is -0.227. The number of aromatic hydroxyl groups is 1. The first-order chi connectivity index (χ1) is 8.75. The molecule has 2 aromatic heterocycles. The Balaban J connectivity index is 1.91. The van der Waals surface area contributed by atoms with E-state index in [9.17, 15) is 9.90 Å². The first kappa shape index (κ1) is 11.7. The molecular weight excluding hydrogens is 274 g/mol. The smallest absolute Gasteiger partial charge is 0.316 e. The largest absolute Gasteiger partial charge is 0.493 e. The topological polar surface area (TPSA) is 67.6 Å². The zero-order chi connectivity index (χ0) is 12.5. The summed E-state index contributed by atoms with van der Waals surface area (Å²) < 4.78 is 6.50. The van der Waals surface area contributed by atoms with E-state index in [0.29, 0.717) is 18.3 Å². The number of hydrogen-bond acceptors (Lipinski definition) is 7. The minimum Gasteiger partial charge on any atom is -0.493 e. The second kappa shape index (κ2) is 4.71. The predicted molar refractivity (Wildman–Crippen MR) is 70.3 cm³/mol. The summed E-state index contributed by atoms with van der Waals surface area (Å²) in [7, 11) is 0. The van der Waals surface area contributed by atoms with Gasteiger partial charge in [0.15, 0.2) is 0 Å². The Labute approximate surface area is 111 Å². The first-order valence-corrected chi connectivity index (χ1v) is 7.20. The van der Waals surface area contributed by atoms with Gasteiger partial charge in [-0.15, -0.1) is 11.3 Å². The van der Waals surface area contributed by atoms with Crippen LogP contribution in [-0.2, 0) is 4.74 Å². The van der Waals surface area contributed by atoms with Crippen LogP contribution < -0.4 is 9.77 Å². The van der Waals surface area contributed by atoms with Crippen molar-refractivity contribution in [2.24, 2.45) is 0 Å². The summed E-state index contributed by atoms with van der Waals surface area (Å²) in [5.74, 6) is 0.767. The van der Waals surface area contributed by atoms with Crippen LogP contribution in [0.2, 0.25) is 0 Å². The van der Waals surface area contributed by atoms with Gasteiger partial charge in [-0.25, -0.2) is 9.55 Å². The highest BCUT2D eigenvalue weighted by Gasteiger charge is 2.17. The third-order valence-corrected chi connectivity index (χ3v) is 4.21. The van der Waals surface area contributed by atoms with Gasteiger partial charge in [-0.2, -0.15) is 0 Å². The normalized spacial score (nSPS) is 16.1. The van der Waals surface area contributed by atoms with Crippen LogP contribution in [0.5, 0.6) is 5.88 Å². The van der Waals surface area contributed by atoms with Crippen LogP contribution in [0.25, 0.3) is 5.13 Å². The molecule has 0 aliphatic carbocycles. The van der Waals surface area contributed by atoms with Gasteiger partial charge >= 0.3 is 4.87 Å². The molecular formula is C10H11N3O3S2. The van der Waals surface area contributed by atoms with Crippen LogP contribution in [0, 0.1) is 0 Å². The van der Waals surface area contributed by atoms with Crippen LogP contribution in [0.15, 0.2) is 15.6 Å². The zero-order valence-electron chi connectivity index (χ0n) is 9.40. The number of morpholine rings is 1. The van der Waals surface area contributed by atoms with Crippen molar-refractivity contribution in [1.82, 2.24) is 9.55 Å². The van der Waals surface area contributed by atoms with E-state index in [4.69, 9.17) is 4.74 Å². The molecule has 0 amide bonds. The van der Waals surface area contributed by atoms with Gasteiger partial charge in [-0.1, -0.05) is 11.3 Å². The molecule has 1 N–H and O–H groups in total. The predicted octanol–water partition coefficient (Wildman–Crippen LogP) is 0.898. The average molecular weight is 285 g/mol. The molecule has 96 valence electrons. The highest BCUT2D eigenvalue weighted by atomic mass is 32.1. The lowest BCUT2D eigenvalue weighted by atomic mass is 10.4. The lowest BCUT2D eigenvalue weighted by molar-refractivity contribution is 0.122. The van der Waals surface area contributed by atoms with Crippen molar-refractivity contribution < 1.29 is 9.84 Å². The van der Waals surface area contributed by atoms with Gasteiger partial charge in [-0.3, -0.25) is 4.79 Å². The van der Waals surface area contributed by atoms with Gasteiger partial charge < -0.3 is 14.7 Å². The van der Waals surface area contributed by atoms with E-state index in [0.717, 1.165) is 30.2 Å². The Bertz CT molecular complexity index is 598. The van der Waals surface area contributed by atoms with Crippen molar-refractivity contribution in [1.29, 1.82) is 0 Å². The quantitative estimate of drug-likeness (QED) is 0.888. The van der Waals surface area contributed by atoms with Crippen molar-refractivity contribution in [3.05, 3.63) is 20.4 Å². The van der Waals surface area contributed by atoms with Crippen molar-refractivity contribution in [3.8, 4) is 11.0 Å². The lowest BCUT2D eigenvalue weighted by Crippen LogP contribution is -2.36. The fourth-order valence-corrected chi connectivity index (χ4v) is 3.27. The molecule has 0 bridgehead atoms. The molecule has 0 radical (unpaired) electrons. The Morgan fingerprint density at radius 1 is 1.28 bits per heavy atom. The fraction of sp³-hybridized carbons (Fsp3) is 0.400. The Hall–Kier alpha value is -1.38. The number of thiazole rings is 2. The second-order valence-electron chi connectivity index (χ2n) is 3.78. The number of ether oxygens (including phenoxy) is 1. The van der Waals surface area contributed by atoms with Crippen molar-refractivity contribution in [2.75, 3.05) is 31.2 Å². The number of aromatic nitrogens is 2. The number of rotatable bonds is 2. The van der Waals surface area contributed by atoms with Crippen LogP contribution in [0.1, 0.15) is 0 Å². The maximum Gasteiger partial charge on any atom is 0.316 e. The molecule has 1 fully saturated rings. The van der Waals surface area contributed by atoms with Crippen molar-refractivity contribution >= 4 is 28.5 Å². The van der Waals surface area contributed by atoms with E-state index in [1.165, 1.54) is 21.3 Å². The SMILES string of the molecule is O=c1scc(O)n1-c1nc(N2CCOCC2)cs1. The van der Waals surface area contributed by atoms with E-state index in [-0.39, 0.29) is 10.8 Å². The molecule has 0 unspecified atom stereocenters. The lowest BCUT2D eigenvalue weighted by Gasteiger charge is -2.26. The Kier molecular flexibility index (Phi) is 3.06. The fourth-order valence-electron chi connectivity index (χ4n) is 1.77. The molecule has 3 rings (SSSR count). The molecule has 18 heavy (non-hydrogen) atoms. The molecule has 1 aliphatic rings. The van der Waals surface area contributed by atoms with E-state index in [1.54, 1.807) is 0 Å². The molecule has 0 aromatic carbocycles. The van der Waals surface area contributed by atoms with Gasteiger partial charge in [0.05, 0.1) is 18.6 Å². The molecule has 0 spiro atoms. The maximum atomic E-state index is 11.6. The van der Waals surface area contributed by atoms with Crippen LogP contribution >= 0.6 is 22.7 Å². The minimum absolute atomic E-state index is 0.0622. The van der Waals surface area contributed by atoms with Gasteiger partial charge in [0.2, 0.25) is 11.0 Å². The number of anilines is 1. The summed E-state index contributed by atoms with van der Waals surface area (Å²) in [4.78, 5) is 17.9. The summed E-state index contributed by atoms with van der Waals surface area (Å²) in [6, 6.07) is 0. The summed E-state index contributed by atoms with van der Waals surface area (Å²) in [6.45, 7) is 2.98. The third-order valence-electron chi connectivity index (χ3n) is 2.68. The molecule has 2 aromatic rings. The van der Waals surface area contributed by atoms with E-state index < -0.39 is 0 Å². The highest BCUT2D eigenvalue weighted by Crippen LogP contribution is 2.25. The van der Waals surface area contributed by atoms with Crippen molar-refractivity contribution in [2.45, 2.75) is 0 Å². The summed E-state index contributed by atoms with van der Waals surface area (Å²) in [5.41, 5.74) is 0.